The molecule has 0 saturated carbocycles. The number of methoxy groups -OCH3 is 1. The predicted molar refractivity (Wildman–Crippen MR) is 154 cm³/mol. The van der Waals surface area contributed by atoms with E-state index in [1.165, 1.54) is 19.3 Å². The molecule has 2 aliphatic heterocycles. The number of benzene rings is 1. The number of hydrogen-bond acceptors (Lipinski definition) is 8. The Bertz CT molecular complexity index is 1130. The summed E-state index contributed by atoms with van der Waals surface area (Å²) in [5, 5.41) is 4.00. The number of hydrogen-bond donors (Lipinski definition) is 1. The highest BCUT2D eigenvalue weighted by Gasteiger charge is 2.37. The van der Waals surface area contributed by atoms with Gasteiger partial charge in [-0.3, -0.25) is 4.90 Å². The topological polar surface area (TPSA) is 89.1 Å². The van der Waals surface area contributed by atoms with Crippen molar-refractivity contribution in [3.8, 4) is 17.0 Å². The molecule has 0 aliphatic carbocycles. The van der Waals surface area contributed by atoms with E-state index < -0.39 is 12.8 Å². The van der Waals surface area contributed by atoms with Gasteiger partial charge in [0.15, 0.2) is 0 Å². The number of ether oxygens (including phenoxy) is 3. The number of carbonyl (C=O) groups excluding carboxylic acids is 1. The summed E-state index contributed by atoms with van der Waals surface area (Å²) in [6, 6.07) is 5.22. The van der Waals surface area contributed by atoms with Crippen LogP contribution in [0.4, 0.5) is 15.0 Å². The van der Waals surface area contributed by atoms with Gasteiger partial charge in [0.25, 0.3) is 0 Å². The lowest BCUT2D eigenvalue weighted by atomic mass is 10.1. The average molecular weight is 578 g/mol. The van der Waals surface area contributed by atoms with Crippen molar-refractivity contribution in [1.82, 2.24) is 19.8 Å². The molecule has 1 aromatic heterocycles. The maximum absolute atomic E-state index is 13.0. The van der Waals surface area contributed by atoms with Crippen molar-refractivity contribution < 1.29 is 23.4 Å². The van der Waals surface area contributed by atoms with Crippen LogP contribution in [0.2, 0.25) is 5.02 Å². The molecular weight excluding hydrogens is 537 g/mol. The van der Waals surface area contributed by atoms with Crippen molar-refractivity contribution in [3.05, 3.63) is 34.6 Å². The fourth-order valence-corrected chi connectivity index (χ4v) is 5.54. The molecule has 0 radical (unpaired) electrons. The van der Waals surface area contributed by atoms with E-state index in [0.717, 1.165) is 42.3 Å². The van der Waals surface area contributed by atoms with Gasteiger partial charge in [-0.15, -0.1) is 0 Å². The van der Waals surface area contributed by atoms with Gasteiger partial charge < -0.3 is 24.4 Å². The van der Waals surface area contributed by atoms with Crippen molar-refractivity contribution >= 4 is 23.5 Å². The lowest BCUT2D eigenvalue weighted by molar-refractivity contribution is 0.0420. The number of halogens is 2. The number of piperidine rings is 1. The van der Waals surface area contributed by atoms with E-state index in [1.807, 2.05) is 26.0 Å². The number of alkyl halides is 1. The van der Waals surface area contributed by atoms with Crippen LogP contribution in [0.15, 0.2) is 18.2 Å². The van der Waals surface area contributed by atoms with Crippen LogP contribution in [0.1, 0.15) is 44.5 Å². The van der Waals surface area contributed by atoms with E-state index in [9.17, 15) is 9.18 Å². The van der Waals surface area contributed by atoms with Crippen LogP contribution in [0.25, 0.3) is 11.3 Å². The fraction of sp³-hybridized carbons (Fsp3) is 0.621. The zero-order chi connectivity index (χ0) is 28.5. The molecular formula is C29H41ClFN5O4. The summed E-state index contributed by atoms with van der Waals surface area (Å²) in [5.74, 6) is 1.30. The van der Waals surface area contributed by atoms with Gasteiger partial charge in [0, 0.05) is 18.7 Å². The van der Waals surface area contributed by atoms with Crippen LogP contribution in [0.3, 0.4) is 0 Å². The molecule has 3 heterocycles. The third-order valence-electron chi connectivity index (χ3n) is 7.48. The summed E-state index contributed by atoms with van der Waals surface area (Å²) in [4.78, 5) is 26.7. The zero-order valence-electron chi connectivity index (χ0n) is 23.8. The number of rotatable bonds is 12. The van der Waals surface area contributed by atoms with Crippen LogP contribution < -0.4 is 10.1 Å². The second-order valence-electron chi connectivity index (χ2n) is 10.1. The summed E-state index contributed by atoms with van der Waals surface area (Å²) >= 11 is 6.58. The number of nitrogens with zero attached hydrogens (tertiary/aromatic N) is 4. The molecule has 1 aromatic carbocycles. The minimum atomic E-state index is -0.596. The Labute approximate surface area is 241 Å². The van der Waals surface area contributed by atoms with E-state index in [-0.39, 0.29) is 18.7 Å². The van der Waals surface area contributed by atoms with Gasteiger partial charge in [-0.1, -0.05) is 31.9 Å². The highest BCUT2D eigenvalue weighted by atomic mass is 35.5. The molecule has 40 heavy (non-hydrogen) atoms. The summed E-state index contributed by atoms with van der Waals surface area (Å²) < 4.78 is 29.7. The Balaban J connectivity index is 1.48. The molecule has 0 bridgehead atoms. The Hall–Kier alpha value is -2.69. The molecule has 1 amide bonds. The molecule has 2 unspecified atom stereocenters. The Morgan fingerprint density at radius 2 is 1.88 bits per heavy atom. The molecule has 0 spiro atoms. The highest BCUT2D eigenvalue weighted by Crippen LogP contribution is 2.33. The Morgan fingerprint density at radius 3 is 2.55 bits per heavy atom. The molecule has 2 aliphatic rings. The molecule has 2 atom stereocenters. The second-order valence-corrected chi connectivity index (χ2v) is 10.5. The monoisotopic (exact) mass is 577 g/mol. The number of aryl methyl sites for hydroxylation is 2. The first-order valence-electron chi connectivity index (χ1n) is 14.3. The molecule has 1 N–H and O–H groups in total. The smallest absolute Gasteiger partial charge is 0.409 e. The average Bonchev–Trinajstić information content (AvgIpc) is 3.38. The third-order valence-corrected chi connectivity index (χ3v) is 7.79. The lowest BCUT2D eigenvalue weighted by Gasteiger charge is -2.26. The van der Waals surface area contributed by atoms with Crippen molar-refractivity contribution in [2.45, 2.75) is 58.1 Å². The first-order chi connectivity index (χ1) is 19.5. The first kappa shape index (κ1) is 30.3. The number of nitrogens with one attached hydrogen (secondary N) is 1. The summed E-state index contributed by atoms with van der Waals surface area (Å²) in [6.45, 7) is 7.26. The SMILES string of the molecule is CCc1nc(-c2ccc(OC)cc2Cl)c(CC)nc1NC1CN(C(=O)OCCN2CCCCC2)CC1OCCF. The van der Waals surface area contributed by atoms with E-state index in [4.69, 9.17) is 35.8 Å². The van der Waals surface area contributed by atoms with Gasteiger partial charge in [0.05, 0.1) is 54.5 Å². The highest BCUT2D eigenvalue weighted by molar-refractivity contribution is 6.33. The third kappa shape index (κ3) is 7.53. The van der Waals surface area contributed by atoms with Crippen molar-refractivity contribution in [2.24, 2.45) is 0 Å². The summed E-state index contributed by atoms with van der Waals surface area (Å²) in [6.07, 6.45) is 4.14. The standard InChI is InChI=1S/C29H41ClFN5O4/c1-4-23-27(21-10-9-20(38-3)17-22(21)30)32-24(5-2)28(33-23)34-25-18-36(19-26(25)39-15-11-31)29(37)40-16-14-35-12-7-6-8-13-35/h9-10,17,25-26H,4-8,11-16,18-19H2,1-3H3,(H,33,34). The molecule has 2 aromatic rings. The van der Waals surface area contributed by atoms with Crippen LogP contribution in [-0.4, -0.2) is 97.7 Å². The largest absolute Gasteiger partial charge is 0.497 e. The van der Waals surface area contributed by atoms with Gasteiger partial charge in [0.1, 0.15) is 24.8 Å². The van der Waals surface area contributed by atoms with Crippen molar-refractivity contribution in [2.75, 3.05) is 65.0 Å². The number of likely N-dealkylation sites (tertiary alicyclic amines) is 2. The molecule has 9 nitrogen and oxygen atoms in total. The fourth-order valence-electron chi connectivity index (χ4n) is 5.28. The number of anilines is 1. The van der Waals surface area contributed by atoms with Gasteiger partial charge in [0.2, 0.25) is 0 Å². The first-order valence-corrected chi connectivity index (χ1v) is 14.7. The second kappa shape index (κ2) is 14.8. The quantitative estimate of drug-likeness (QED) is 0.377. The minimum Gasteiger partial charge on any atom is -0.497 e. The van der Waals surface area contributed by atoms with Gasteiger partial charge >= 0.3 is 6.09 Å². The molecule has 2 saturated heterocycles. The summed E-state index contributed by atoms with van der Waals surface area (Å²) in [7, 11) is 1.60. The summed E-state index contributed by atoms with van der Waals surface area (Å²) in [5.41, 5.74) is 3.08. The van der Waals surface area contributed by atoms with Crippen molar-refractivity contribution in [1.29, 1.82) is 0 Å². The van der Waals surface area contributed by atoms with Crippen molar-refractivity contribution in [3.63, 3.8) is 0 Å². The Kier molecular flexibility index (Phi) is 11.2. The zero-order valence-corrected chi connectivity index (χ0v) is 24.5. The normalized spacial score (nSPS) is 19.6. The van der Waals surface area contributed by atoms with E-state index in [2.05, 4.69) is 10.2 Å². The molecule has 2 fully saturated rings. The Morgan fingerprint density at radius 1 is 1.10 bits per heavy atom. The van der Waals surface area contributed by atoms with E-state index >= 15 is 0 Å². The van der Waals surface area contributed by atoms with Crippen LogP contribution in [0.5, 0.6) is 5.75 Å². The van der Waals surface area contributed by atoms with Gasteiger partial charge in [-0.2, -0.15) is 0 Å². The van der Waals surface area contributed by atoms with Crippen LogP contribution in [0, 0.1) is 0 Å². The molecule has 220 valence electrons. The molecule has 11 heteroatoms. The maximum Gasteiger partial charge on any atom is 0.409 e. The van der Waals surface area contributed by atoms with Gasteiger partial charge in [-0.05, 0) is 57.0 Å². The number of amides is 1. The number of aromatic nitrogens is 2. The van der Waals surface area contributed by atoms with E-state index in [0.29, 0.717) is 49.1 Å². The lowest BCUT2D eigenvalue weighted by Crippen LogP contribution is -2.36. The minimum absolute atomic E-state index is 0.0396. The van der Waals surface area contributed by atoms with E-state index in [1.54, 1.807) is 18.1 Å². The van der Waals surface area contributed by atoms with Gasteiger partial charge in [-0.25, -0.2) is 19.2 Å². The van der Waals surface area contributed by atoms with Crippen LogP contribution >= 0.6 is 11.6 Å². The molecule has 4 rings (SSSR count). The van der Waals surface area contributed by atoms with Crippen LogP contribution in [-0.2, 0) is 22.3 Å². The predicted octanol–water partition coefficient (Wildman–Crippen LogP) is 5.00. The number of carbonyl (C=O) groups is 1. The maximum atomic E-state index is 13.0.